The number of hydrogen-bond acceptors (Lipinski definition) is 4. The number of morpholine rings is 1. The lowest BCUT2D eigenvalue weighted by molar-refractivity contribution is -0.127. The number of amides is 1. The van der Waals surface area contributed by atoms with Crippen LogP contribution < -0.4 is 10.6 Å². The SMILES string of the molecule is CCNC(=NCC(C)N1CCOCC1)NCC1CC(=O)N(CCc2ccccc2)C1. The van der Waals surface area contributed by atoms with Crippen molar-refractivity contribution >= 4 is 11.9 Å². The number of carbonyl (C=O) groups excluding carboxylic acids is 1. The van der Waals surface area contributed by atoms with E-state index in [9.17, 15) is 4.79 Å². The van der Waals surface area contributed by atoms with Gasteiger partial charge in [0.15, 0.2) is 5.96 Å². The Morgan fingerprint density at radius 3 is 2.73 bits per heavy atom. The first-order chi connectivity index (χ1) is 14.7. The minimum atomic E-state index is 0.264. The van der Waals surface area contributed by atoms with Crippen LogP contribution in [-0.4, -0.2) is 86.7 Å². The van der Waals surface area contributed by atoms with Gasteiger partial charge in [0.25, 0.3) is 0 Å². The molecule has 0 saturated carbocycles. The maximum absolute atomic E-state index is 12.4. The fourth-order valence-electron chi connectivity index (χ4n) is 4.06. The number of likely N-dealkylation sites (tertiary alicyclic amines) is 1. The number of guanidine groups is 1. The molecule has 2 N–H and O–H groups in total. The van der Waals surface area contributed by atoms with Gasteiger partial charge in [-0.15, -0.1) is 0 Å². The van der Waals surface area contributed by atoms with E-state index in [2.05, 4.69) is 53.6 Å². The van der Waals surface area contributed by atoms with E-state index >= 15 is 0 Å². The Hall–Kier alpha value is -2.12. The highest BCUT2D eigenvalue weighted by Crippen LogP contribution is 2.17. The van der Waals surface area contributed by atoms with Crippen molar-refractivity contribution in [2.75, 3.05) is 59.0 Å². The Labute approximate surface area is 180 Å². The summed E-state index contributed by atoms with van der Waals surface area (Å²) >= 11 is 0. The molecular weight excluding hydrogens is 378 g/mol. The Morgan fingerprint density at radius 2 is 2.00 bits per heavy atom. The van der Waals surface area contributed by atoms with Crippen molar-refractivity contribution in [3.8, 4) is 0 Å². The van der Waals surface area contributed by atoms with E-state index in [4.69, 9.17) is 9.73 Å². The van der Waals surface area contributed by atoms with Crippen LogP contribution in [0.3, 0.4) is 0 Å². The average Bonchev–Trinajstić information content (AvgIpc) is 3.14. The second-order valence-corrected chi connectivity index (χ2v) is 8.24. The van der Waals surface area contributed by atoms with Crippen molar-refractivity contribution in [2.45, 2.75) is 32.7 Å². The van der Waals surface area contributed by atoms with Gasteiger partial charge in [-0.1, -0.05) is 30.3 Å². The molecule has 2 heterocycles. The van der Waals surface area contributed by atoms with Crippen molar-refractivity contribution in [2.24, 2.45) is 10.9 Å². The predicted octanol–water partition coefficient (Wildman–Crippen LogP) is 1.35. The van der Waals surface area contributed by atoms with Crippen LogP contribution in [0.1, 0.15) is 25.8 Å². The van der Waals surface area contributed by atoms with Crippen molar-refractivity contribution in [3.63, 3.8) is 0 Å². The minimum Gasteiger partial charge on any atom is -0.379 e. The topological polar surface area (TPSA) is 69.2 Å². The predicted molar refractivity (Wildman–Crippen MR) is 121 cm³/mol. The Kier molecular flexibility index (Phi) is 8.96. The molecule has 3 rings (SSSR count). The van der Waals surface area contributed by atoms with Gasteiger partial charge in [0.1, 0.15) is 0 Å². The number of benzene rings is 1. The minimum absolute atomic E-state index is 0.264. The van der Waals surface area contributed by atoms with E-state index in [1.165, 1.54) is 5.56 Å². The van der Waals surface area contributed by atoms with Crippen LogP contribution in [0.5, 0.6) is 0 Å². The molecule has 2 unspecified atom stereocenters. The lowest BCUT2D eigenvalue weighted by Crippen LogP contribution is -2.45. The zero-order valence-corrected chi connectivity index (χ0v) is 18.5. The van der Waals surface area contributed by atoms with Crippen molar-refractivity contribution in [1.82, 2.24) is 20.4 Å². The molecule has 166 valence electrons. The maximum Gasteiger partial charge on any atom is 0.223 e. The summed E-state index contributed by atoms with van der Waals surface area (Å²) < 4.78 is 5.44. The number of aliphatic imine (C=N–C) groups is 1. The van der Waals surface area contributed by atoms with Crippen LogP contribution in [0.25, 0.3) is 0 Å². The molecule has 0 spiro atoms. The van der Waals surface area contributed by atoms with Gasteiger partial charge in [0, 0.05) is 57.6 Å². The van der Waals surface area contributed by atoms with Crippen LogP contribution in [-0.2, 0) is 16.0 Å². The number of nitrogens with zero attached hydrogens (tertiary/aromatic N) is 3. The van der Waals surface area contributed by atoms with Gasteiger partial charge in [-0.3, -0.25) is 14.7 Å². The smallest absolute Gasteiger partial charge is 0.223 e. The second-order valence-electron chi connectivity index (χ2n) is 8.24. The molecule has 2 fully saturated rings. The van der Waals surface area contributed by atoms with Gasteiger partial charge in [0.05, 0.1) is 19.8 Å². The molecule has 0 bridgehead atoms. The first-order valence-corrected chi connectivity index (χ1v) is 11.3. The third-order valence-corrected chi connectivity index (χ3v) is 5.89. The van der Waals surface area contributed by atoms with E-state index in [0.29, 0.717) is 18.4 Å². The normalized spacial score (nSPS) is 21.7. The summed E-state index contributed by atoms with van der Waals surface area (Å²) in [6.45, 7) is 11.8. The van der Waals surface area contributed by atoms with Gasteiger partial charge >= 0.3 is 0 Å². The molecule has 1 aromatic carbocycles. The van der Waals surface area contributed by atoms with Gasteiger partial charge < -0.3 is 20.3 Å². The highest BCUT2D eigenvalue weighted by atomic mass is 16.5. The number of nitrogens with one attached hydrogen (secondary N) is 2. The molecular formula is C23H37N5O2. The lowest BCUT2D eigenvalue weighted by Gasteiger charge is -2.31. The average molecular weight is 416 g/mol. The van der Waals surface area contributed by atoms with Crippen LogP contribution in [0, 0.1) is 5.92 Å². The molecule has 1 aromatic rings. The summed E-state index contributed by atoms with van der Waals surface area (Å²) in [7, 11) is 0. The van der Waals surface area contributed by atoms with E-state index in [1.54, 1.807) is 0 Å². The quantitative estimate of drug-likeness (QED) is 0.471. The number of rotatable bonds is 9. The van der Waals surface area contributed by atoms with E-state index in [-0.39, 0.29) is 5.91 Å². The molecule has 0 aromatic heterocycles. The maximum atomic E-state index is 12.4. The lowest BCUT2D eigenvalue weighted by atomic mass is 10.1. The van der Waals surface area contributed by atoms with Gasteiger partial charge in [-0.2, -0.15) is 0 Å². The number of carbonyl (C=O) groups is 1. The van der Waals surface area contributed by atoms with Gasteiger partial charge in [-0.25, -0.2) is 0 Å². The van der Waals surface area contributed by atoms with Crippen molar-refractivity contribution in [1.29, 1.82) is 0 Å². The molecule has 1 amide bonds. The zero-order chi connectivity index (χ0) is 21.2. The summed E-state index contributed by atoms with van der Waals surface area (Å²) in [4.78, 5) is 21.6. The number of hydrogen-bond donors (Lipinski definition) is 2. The van der Waals surface area contributed by atoms with Crippen molar-refractivity contribution < 1.29 is 9.53 Å². The van der Waals surface area contributed by atoms with Gasteiger partial charge in [-0.05, 0) is 25.8 Å². The third-order valence-electron chi connectivity index (χ3n) is 5.89. The highest BCUT2D eigenvalue weighted by Gasteiger charge is 2.29. The molecule has 30 heavy (non-hydrogen) atoms. The van der Waals surface area contributed by atoms with Crippen LogP contribution in [0.2, 0.25) is 0 Å². The van der Waals surface area contributed by atoms with E-state index in [0.717, 1.165) is 71.4 Å². The monoisotopic (exact) mass is 415 g/mol. The Morgan fingerprint density at radius 1 is 1.23 bits per heavy atom. The molecule has 2 aliphatic rings. The van der Waals surface area contributed by atoms with Crippen LogP contribution in [0.15, 0.2) is 35.3 Å². The molecule has 2 atom stereocenters. The zero-order valence-electron chi connectivity index (χ0n) is 18.5. The molecule has 2 saturated heterocycles. The highest BCUT2D eigenvalue weighted by molar-refractivity contribution is 5.81. The first kappa shape index (κ1) is 22.6. The molecule has 7 heteroatoms. The largest absolute Gasteiger partial charge is 0.379 e. The molecule has 2 aliphatic heterocycles. The van der Waals surface area contributed by atoms with Crippen LogP contribution in [0.4, 0.5) is 0 Å². The fourth-order valence-corrected chi connectivity index (χ4v) is 4.06. The molecule has 7 nitrogen and oxygen atoms in total. The first-order valence-electron chi connectivity index (χ1n) is 11.3. The second kappa shape index (κ2) is 11.9. The summed E-state index contributed by atoms with van der Waals surface area (Å²) in [6, 6.07) is 10.8. The summed E-state index contributed by atoms with van der Waals surface area (Å²) in [5, 5.41) is 6.78. The molecule has 0 radical (unpaired) electrons. The third kappa shape index (κ3) is 6.99. The van der Waals surface area contributed by atoms with E-state index < -0.39 is 0 Å². The van der Waals surface area contributed by atoms with Crippen molar-refractivity contribution in [3.05, 3.63) is 35.9 Å². The summed E-state index contributed by atoms with van der Waals surface area (Å²) in [5.41, 5.74) is 1.28. The Balaban J connectivity index is 1.43. The molecule has 0 aliphatic carbocycles. The Bertz CT molecular complexity index is 675. The fraction of sp³-hybridized carbons (Fsp3) is 0.652. The van der Waals surface area contributed by atoms with E-state index in [1.807, 2.05) is 11.0 Å². The summed E-state index contributed by atoms with van der Waals surface area (Å²) in [6.07, 6.45) is 1.53. The van der Waals surface area contributed by atoms with Gasteiger partial charge in [0.2, 0.25) is 5.91 Å². The standard InChI is InChI=1S/C23H37N5O2/c1-3-24-23(25-16-19(2)27-11-13-30-14-12-27)26-17-21-15-22(29)28(18-21)10-9-20-7-5-4-6-8-20/h4-8,19,21H,3,9-18H2,1-2H3,(H2,24,25,26). The summed E-state index contributed by atoms with van der Waals surface area (Å²) in [5.74, 6) is 1.43. The van der Waals surface area contributed by atoms with Crippen LogP contribution >= 0.6 is 0 Å². The number of ether oxygens (including phenoxy) is 1.